The number of hydrogen-bond acceptors (Lipinski definition) is 6. The van der Waals surface area contributed by atoms with Gasteiger partial charge in [-0.15, -0.1) is 0 Å². The van der Waals surface area contributed by atoms with Gasteiger partial charge in [-0.05, 0) is 41.5 Å². The average molecular weight is 409 g/mol. The Morgan fingerprint density at radius 3 is 2.71 bits per heavy atom. The highest BCUT2D eigenvalue weighted by atomic mass is 79.9. The lowest BCUT2D eigenvalue weighted by Crippen LogP contribution is -2.10. The highest BCUT2D eigenvalue weighted by molar-refractivity contribution is 9.10. The fourth-order valence-electron chi connectivity index (χ4n) is 2.53. The molecule has 5 nitrogen and oxygen atoms in total. The normalized spacial score (nSPS) is 13.5. The van der Waals surface area contributed by atoms with Crippen LogP contribution in [0.4, 0.5) is 5.69 Å². The number of methoxy groups -OCH3 is 2. The molecule has 1 heterocycles. The highest BCUT2D eigenvalue weighted by Gasteiger charge is 2.20. The number of hydrogen-bond donors (Lipinski definition) is 1. The van der Waals surface area contributed by atoms with Gasteiger partial charge in [-0.2, -0.15) is 0 Å². The van der Waals surface area contributed by atoms with Crippen molar-refractivity contribution in [1.82, 2.24) is 4.31 Å². The molecule has 0 fully saturated rings. The molecule has 2 aromatic carbocycles. The van der Waals surface area contributed by atoms with E-state index in [2.05, 4.69) is 43.2 Å². The molecule has 0 saturated heterocycles. The first-order valence-electron chi connectivity index (χ1n) is 7.32. The summed E-state index contributed by atoms with van der Waals surface area (Å²) < 4.78 is 16.7. The van der Waals surface area contributed by atoms with Crippen LogP contribution in [0.3, 0.4) is 0 Å². The van der Waals surface area contributed by atoms with Gasteiger partial charge in [0.15, 0.2) is 0 Å². The van der Waals surface area contributed by atoms with E-state index in [1.54, 1.807) is 19.2 Å². The summed E-state index contributed by atoms with van der Waals surface area (Å²) in [6.07, 6.45) is 0. The molecule has 0 spiro atoms. The summed E-state index contributed by atoms with van der Waals surface area (Å²) in [6, 6.07) is 11.6. The zero-order valence-electron chi connectivity index (χ0n) is 13.3. The maximum atomic E-state index is 11.6. The molecule has 1 aliphatic rings. The third kappa shape index (κ3) is 3.68. The number of carbonyl (C=O) groups is 1. The number of nitrogens with zero attached hydrogens (tertiary/aromatic N) is 1. The van der Waals surface area contributed by atoms with Gasteiger partial charge in [-0.25, -0.2) is 9.10 Å². The van der Waals surface area contributed by atoms with E-state index < -0.39 is 0 Å². The molecular formula is C17H17BrN2O3S. The van der Waals surface area contributed by atoms with E-state index in [1.165, 1.54) is 30.4 Å². The van der Waals surface area contributed by atoms with E-state index in [0.29, 0.717) is 11.3 Å². The van der Waals surface area contributed by atoms with Crippen molar-refractivity contribution in [3.63, 3.8) is 0 Å². The molecule has 0 unspecified atom stereocenters. The maximum Gasteiger partial charge on any atom is 0.337 e. The minimum atomic E-state index is -0.381. The van der Waals surface area contributed by atoms with Gasteiger partial charge in [0, 0.05) is 29.7 Å². The standard InChI is InChI=1S/C17H17BrN2O3S/c1-22-16-8-11(17(21)23-2)4-6-15(16)19-24-20-9-12-3-5-14(18)7-13(12)10-20/h3-8,19H,9-10H2,1-2H3. The summed E-state index contributed by atoms with van der Waals surface area (Å²) in [5, 5.41) is 0. The quantitative estimate of drug-likeness (QED) is 0.589. The Kier molecular flexibility index (Phi) is 5.33. The third-order valence-electron chi connectivity index (χ3n) is 3.77. The maximum absolute atomic E-state index is 11.6. The van der Waals surface area contributed by atoms with Crippen LogP contribution in [0.25, 0.3) is 0 Å². The predicted molar refractivity (Wildman–Crippen MR) is 98.9 cm³/mol. The predicted octanol–water partition coefficient (Wildman–Crippen LogP) is 4.24. The minimum Gasteiger partial charge on any atom is -0.495 e. The van der Waals surface area contributed by atoms with Crippen molar-refractivity contribution < 1.29 is 14.3 Å². The molecule has 0 bridgehead atoms. The largest absolute Gasteiger partial charge is 0.495 e. The van der Waals surface area contributed by atoms with Crippen molar-refractivity contribution in [1.29, 1.82) is 0 Å². The third-order valence-corrected chi connectivity index (χ3v) is 5.09. The Balaban J connectivity index is 1.66. The van der Waals surface area contributed by atoms with Crippen molar-refractivity contribution >= 4 is 39.7 Å². The van der Waals surface area contributed by atoms with E-state index in [-0.39, 0.29) is 5.97 Å². The molecule has 1 N–H and O–H groups in total. The first-order chi connectivity index (χ1) is 11.6. The number of halogens is 1. The molecule has 7 heteroatoms. The van der Waals surface area contributed by atoms with Crippen LogP contribution in [0.1, 0.15) is 21.5 Å². The first-order valence-corrected chi connectivity index (χ1v) is 8.89. The molecular weight excluding hydrogens is 392 g/mol. The van der Waals surface area contributed by atoms with Gasteiger partial charge < -0.3 is 14.2 Å². The molecule has 0 saturated carbocycles. The zero-order valence-corrected chi connectivity index (χ0v) is 15.7. The van der Waals surface area contributed by atoms with Crippen molar-refractivity contribution in [3.05, 3.63) is 57.6 Å². The monoisotopic (exact) mass is 408 g/mol. The Bertz CT molecular complexity index is 769. The smallest absolute Gasteiger partial charge is 0.337 e. The van der Waals surface area contributed by atoms with Crippen LogP contribution in [-0.4, -0.2) is 24.5 Å². The Morgan fingerprint density at radius 2 is 1.96 bits per heavy atom. The fraction of sp³-hybridized carbons (Fsp3) is 0.235. The summed E-state index contributed by atoms with van der Waals surface area (Å²) in [7, 11) is 2.94. The number of fused-ring (bicyclic) bond motifs is 1. The molecule has 3 rings (SSSR count). The van der Waals surface area contributed by atoms with Crippen LogP contribution >= 0.6 is 28.1 Å². The molecule has 0 atom stereocenters. The van der Waals surface area contributed by atoms with E-state index >= 15 is 0 Å². The van der Waals surface area contributed by atoms with Crippen LogP contribution < -0.4 is 9.46 Å². The molecule has 2 aromatic rings. The Morgan fingerprint density at radius 1 is 1.17 bits per heavy atom. The zero-order chi connectivity index (χ0) is 17.1. The van der Waals surface area contributed by atoms with Crippen molar-refractivity contribution in [2.24, 2.45) is 0 Å². The molecule has 126 valence electrons. The molecule has 1 aliphatic heterocycles. The van der Waals surface area contributed by atoms with Gasteiger partial charge in [0.05, 0.1) is 25.5 Å². The second-order valence-electron chi connectivity index (χ2n) is 5.31. The van der Waals surface area contributed by atoms with Crippen molar-refractivity contribution in [3.8, 4) is 5.75 Å². The number of nitrogens with one attached hydrogen (secondary N) is 1. The lowest BCUT2D eigenvalue weighted by Gasteiger charge is -2.16. The number of benzene rings is 2. The first kappa shape index (κ1) is 17.1. The fourth-order valence-corrected chi connectivity index (χ4v) is 3.74. The number of anilines is 1. The van der Waals surface area contributed by atoms with Crippen molar-refractivity contribution in [2.45, 2.75) is 13.1 Å². The van der Waals surface area contributed by atoms with E-state index in [0.717, 1.165) is 23.2 Å². The molecule has 0 aliphatic carbocycles. The van der Waals surface area contributed by atoms with E-state index in [1.807, 2.05) is 6.07 Å². The second-order valence-corrected chi connectivity index (χ2v) is 7.13. The van der Waals surface area contributed by atoms with Gasteiger partial charge in [0.25, 0.3) is 0 Å². The van der Waals surface area contributed by atoms with Gasteiger partial charge >= 0.3 is 5.97 Å². The van der Waals surface area contributed by atoms with Crippen LogP contribution in [-0.2, 0) is 17.8 Å². The topological polar surface area (TPSA) is 50.8 Å². The van der Waals surface area contributed by atoms with Crippen LogP contribution in [0.15, 0.2) is 40.9 Å². The van der Waals surface area contributed by atoms with Crippen LogP contribution in [0.5, 0.6) is 5.75 Å². The Labute approximate surface area is 153 Å². The molecule has 0 radical (unpaired) electrons. The molecule has 0 aromatic heterocycles. The van der Waals surface area contributed by atoms with Gasteiger partial charge in [0.2, 0.25) is 0 Å². The van der Waals surface area contributed by atoms with Gasteiger partial charge in [-0.1, -0.05) is 22.0 Å². The number of esters is 1. The lowest BCUT2D eigenvalue weighted by atomic mass is 10.1. The van der Waals surface area contributed by atoms with Crippen molar-refractivity contribution in [2.75, 3.05) is 18.9 Å². The summed E-state index contributed by atoms with van der Waals surface area (Å²) in [5.41, 5.74) is 3.93. The summed E-state index contributed by atoms with van der Waals surface area (Å²) >= 11 is 5.03. The second kappa shape index (κ2) is 7.46. The number of ether oxygens (including phenoxy) is 2. The summed E-state index contributed by atoms with van der Waals surface area (Å²) in [6.45, 7) is 1.75. The van der Waals surface area contributed by atoms with E-state index in [4.69, 9.17) is 9.47 Å². The lowest BCUT2D eigenvalue weighted by molar-refractivity contribution is 0.0600. The summed E-state index contributed by atoms with van der Waals surface area (Å²) in [5.74, 6) is 0.220. The highest BCUT2D eigenvalue weighted by Crippen LogP contribution is 2.33. The van der Waals surface area contributed by atoms with Gasteiger partial charge in [0.1, 0.15) is 5.75 Å². The SMILES string of the molecule is COC(=O)c1ccc(NSN2Cc3ccc(Br)cc3C2)c(OC)c1. The molecule has 0 amide bonds. The van der Waals surface area contributed by atoms with Crippen LogP contribution in [0, 0.1) is 0 Å². The van der Waals surface area contributed by atoms with Gasteiger partial charge in [-0.3, -0.25) is 0 Å². The molecule has 24 heavy (non-hydrogen) atoms. The number of carbonyl (C=O) groups excluding carboxylic acids is 1. The van der Waals surface area contributed by atoms with E-state index in [9.17, 15) is 4.79 Å². The number of rotatable bonds is 5. The average Bonchev–Trinajstić information content (AvgIpc) is 3.01. The summed E-state index contributed by atoms with van der Waals surface area (Å²) in [4.78, 5) is 11.6. The van der Waals surface area contributed by atoms with Crippen LogP contribution in [0.2, 0.25) is 0 Å². The minimum absolute atomic E-state index is 0.381. The Hall–Kier alpha value is -1.70.